The van der Waals surface area contributed by atoms with Gasteiger partial charge in [-0.2, -0.15) is 0 Å². The number of pyridine rings is 4. The highest BCUT2D eigenvalue weighted by Gasteiger charge is 2.16. The summed E-state index contributed by atoms with van der Waals surface area (Å²) in [4.78, 5) is 18.6. The van der Waals surface area contributed by atoms with Gasteiger partial charge in [0.25, 0.3) is 0 Å². The molecule has 0 aliphatic rings. The minimum Gasteiger partial charge on any atom is -0.423 e. The molecule has 0 unspecified atom stereocenters. The summed E-state index contributed by atoms with van der Waals surface area (Å²) in [7, 11) is -1.42. The van der Waals surface area contributed by atoms with Gasteiger partial charge in [0.05, 0.1) is 22.1 Å². The Morgan fingerprint density at radius 1 is 0.256 bits per heavy atom. The van der Waals surface area contributed by atoms with Gasteiger partial charge in [0.15, 0.2) is 0 Å². The minimum atomic E-state index is -1.42. The molecule has 0 atom stereocenters. The average Bonchev–Trinajstić information content (AvgIpc) is 2.05. The maximum atomic E-state index is 9.17. The van der Waals surface area contributed by atoms with Crippen molar-refractivity contribution in [2.24, 2.45) is 0 Å². The molecule has 12 heteroatoms. The number of hydrogen-bond acceptors (Lipinski definition) is 9. The second-order valence-corrected chi connectivity index (χ2v) is 27.1. The number of rotatable bonds is 6. The van der Waals surface area contributed by atoms with E-state index >= 15 is 0 Å². The summed E-state index contributed by atoms with van der Waals surface area (Å²) in [5.74, 6) is 0. The fraction of sp³-hybridized carbons (Fsp3) is 0. The van der Waals surface area contributed by atoms with Crippen molar-refractivity contribution >= 4 is 183 Å². The summed E-state index contributed by atoms with van der Waals surface area (Å²) in [6, 6.07) is 87.8. The van der Waals surface area contributed by atoms with E-state index in [9.17, 15) is 10.0 Å². The maximum Gasteiger partial charge on any atom is 0.488 e. The maximum absolute atomic E-state index is 9.17. The van der Waals surface area contributed by atoms with E-state index in [4.69, 9.17) is 9.97 Å². The molecule has 18 rings (SSSR count). The van der Waals surface area contributed by atoms with E-state index in [1.54, 1.807) is 35.9 Å². The Balaban J connectivity index is 0.000000139. The number of nitrogens with zero attached hydrogens (tertiary/aromatic N) is 4. The number of hydrogen-bond donors (Lipinski definition) is 2. The first kappa shape index (κ1) is 55.9. The third-order valence-electron chi connectivity index (χ3n) is 16.9. The molecular formula is C78H47BBr2N4O2S3. The third kappa shape index (κ3) is 10.3. The zero-order valence-electron chi connectivity index (χ0n) is 47.7. The van der Waals surface area contributed by atoms with Crippen LogP contribution >= 0.6 is 65.9 Å². The van der Waals surface area contributed by atoms with Crippen LogP contribution in [0, 0.1) is 0 Å². The van der Waals surface area contributed by atoms with E-state index in [1.807, 2.05) is 59.3 Å². The lowest BCUT2D eigenvalue weighted by molar-refractivity contribution is 0.426. The average molecular weight is 1340 g/mol. The number of fused-ring (bicyclic) bond motifs is 15. The van der Waals surface area contributed by atoms with Crippen LogP contribution in [0.15, 0.2) is 282 Å². The summed E-state index contributed by atoms with van der Waals surface area (Å²) in [5.41, 5.74) is 15.9. The summed E-state index contributed by atoms with van der Waals surface area (Å²) in [5, 5.41) is 30.6. The fourth-order valence-corrected chi connectivity index (χ4v) is 16.5. The van der Waals surface area contributed by atoms with E-state index in [0.29, 0.717) is 5.46 Å². The summed E-state index contributed by atoms with van der Waals surface area (Å²) in [6.07, 6.45) is 7.40. The Hall–Kier alpha value is -9.34. The molecule has 90 heavy (non-hydrogen) atoms. The van der Waals surface area contributed by atoms with Crippen LogP contribution in [0.25, 0.3) is 160 Å². The van der Waals surface area contributed by atoms with Gasteiger partial charge in [-0.1, -0.05) is 202 Å². The molecule has 426 valence electrons. The Kier molecular flexibility index (Phi) is 14.6. The van der Waals surface area contributed by atoms with Crippen molar-refractivity contribution < 1.29 is 10.0 Å². The summed E-state index contributed by atoms with van der Waals surface area (Å²) in [6.45, 7) is 0. The number of aromatic nitrogens is 4. The Morgan fingerprint density at radius 3 is 0.911 bits per heavy atom. The zero-order valence-corrected chi connectivity index (χ0v) is 53.3. The minimum absolute atomic E-state index is 0.505. The van der Waals surface area contributed by atoms with Crippen LogP contribution in [0.5, 0.6) is 0 Å². The summed E-state index contributed by atoms with van der Waals surface area (Å²) < 4.78 is 9.98. The molecule has 7 heterocycles. The molecule has 0 amide bonds. The van der Waals surface area contributed by atoms with Crippen molar-refractivity contribution in [2.45, 2.75) is 0 Å². The molecule has 6 nitrogen and oxygen atoms in total. The van der Waals surface area contributed by atoms with E-state index in [1.165, 1.54) is 82.8 Å². The molecule has 7 aromatic heterocycles. The molecule has 0 aliphatic heterocycles. The monoisotopic (exact) mass is 1340 g/mol. The highest BCUT2D eigenvalue weighted by molar-refractivity contribution is 9.11. The number of halogens is 2. The van der Waals surface area contributed by atoms with Crippen molar-refractivity contribution in [3.8, 4) is 55.6 Å². The van der Waals surface area contributed by atoms with Gasteiger partial charge in [0, 0.05) is 116 Å². The van der Waals surface area contributed by atoms with Crippen molar-refractivity contribution in [1.29, 1.82) is 0 Å². The van der Waals surface area contributed by atoms with Crippen molar-refractivity contribution in [2.75, 3.05) is 0 Å². The fourth-order valence-electron chi connectivity index (χ4n) is 12.3. The second-order valence-electron chi connectivity index (χ2n) is 22.1. The Bertz CT molecular complexity index is 5540. The molecular weight excluding hydrogens is 1290 g/mol. The first-order chi connectivity index (χ1) is 44.2. The lowest BCUT2D eigenvalue weighted by Crippen LogP contribution is -2.29. The third-order valence-corrected chi connectivity index (χ3v) is 21.7. The summed E-state index contributed by atoms with van der Waals surface area (Å²) >= 11 is 12.6. The lowest BCUT2D eigenvalue weighted by atomic mass is 9.80. The molecule has 0 fully saturated rings. The van der Waals surface area contributed by atoms with Gasteiger partial charge in [0.1, 0.15) is 0 Å². The van der Waals surface area contributed by atoms with Gasteiger partial charge in [-0.3, -0.25) is 19.9 Å². The molecule has 0 saturated heterocycles. The Labute approximate surface area is 546 Å². The molecule has 2 N–H and O–H groups in total. The number of thiophene rings is 3. The lowest BCUT2D eigenvalue weighted by Gasteiger charge is -2.12. The molecule has 18 aromatic rings. The van der Waals surface area contributed by atoms with Gasteiger partial charge in [-0.05, 0) is 140 Å². The Morgan fingerprint density at radius 2 is 0.544 bits per heavy atom. The standard InChI is InChI=1S/C48H28N2S2.C18H13BO2S.C12H6Br2N2/c1-3-7-43-37(5-1)41-27-33(17-21-45(41)51-43)29-9-13-31(14-10-29)35-23-25-49-47-39(35)19-20-40-36(24-26-50-48(40)47)32-15-11-30(12-16-32)34-18-22-46-42(28-34)38-6-2-4-8-44(38)52-46;20-19(21)14-8-5-12(6-9-14)13-7-10-18-16(11-13)15-3-1-2-4-17(15)22-18;13-9-3-5-15-11-7(9)1-2-8-10(14)4-6-16-12(8)11/h1-28H;1-11,20-21H;1-6H. The van der Waals surface area contributed by atoms with Crippen LogP contribution in [-0.4, -0.2) is 37.1 Å². The van der Waals surface area contributed by atoms with Crippen LogP contribution in [0.1, 0.15) is 0 Å². The van der Waals surface area contributed by atoms with Gasteiger partial charge in [-0.15, -0.1) is 34.0 Å². The predicted octanol–water partition coefficient (Wildman–Crippen LogP) is 21.9. The van der Waals surface area contributed by atoms with Crippen LogP contribution in [0.3, 0.4) is 0 Å². The van der Waals surface area contributed by atoms with E-state index < -0.39 is 7.12 Å². The number of benzene rings is 11. The van der Waals surface area contributed by atoms with Crippen LogP contribution < -0.4 is 5.46 Å². The highest BCUT2D eigenvalue weighted by atomic mass is 79.9. The van der Waals surface area contributed by atoms with E-state index in [0.717, 1.165) is 85.9 Å². The first-order valence-electron chi connectivity index (χ1n) is 29.3. The molecule has 0 aliphatic carbocycles. The molecule has 0 saturated carbocycles. The van der Waals surface area contributed by atoms with Crippen molar-refractivity contribution in [1.82, 2.24) is 19.9 Å². The van der Waals surface area contributed by atoms with Crippen molar-refractivity contribution in [3.63, 3.8) is 0 Å². The molecule has 0 bridgehead atoms. The topological polar surface area (TPSA) is 92.0 Å². The van der Waals surface area contributed by atoms with Gasteiger partial charge in [0.2, 0.25) is 0 Å². The first-order valence-corrected chi connectivity index (χ1v) is 33.3. The van der Waals surface area contributed by atoms with Crippen LogP contribution in [0.4, 0.5) is 0 Å². The quantitative estimate of drug-likeness (QED) is 0.127. The van der Waals surface area contributed by atoms with Crippen LogP contribution in [0.2, 0.25) is 0 Å². The smallest absolute Gasteiger partial charge is 0.423 e. The van der Waals surface area contributed by atoms with Crippen molar-refractivity contribution in [3.05, 3.63) is 282 Å². The van der Waals surface area contributed by atoms with Gasteiger partial charge < -0.3 is 10.0 Å². The molecule has 0 radical (unpaired) electrons. The normalized spacial score (nSPS) is 11.6. The van der Waals surface area contributed by atoms with Gasteiger partial charge >= 0.3 is 7.12 Å². The van der Waals surface area contributed by atoms with E-state index in [-0.39, 0.29) is 0 Å². The second kappa shape index (κ2) is 23.6. The van der Waals surface area contributed by atoms with Crippen LogP contribution in [-0.2, 0) is 0 Å². The SMILES string of the molecule is Brc1ccnc2c1ccc1c(Br)ccnc12.OB(O)c1ccc(-c2ccc3sc4ccccc4c3c2)cc1.c1ccc2c(c1)sc1ccc(-c3ccc(-c4ccnc5c4ccc4c(-c6ccc(-c7ccc8sc9ccccc9c8c7)cc6)ccnc45)cc3)cc12. The van der Waals surface area contributed by atoms with E-state index in [2.05, 4.69) is 254 Å². The van der Waals surface area contributed by atoms with Gasteiger partial charge in [-0.25, -0.2) is 0 Å². The predicted molar refractivity (Wildman–Crippen MR) is 392 cm³/mol. The zero-order chi connectivity index (χ0) is 60.4. The highest BCUT2D eigenvalue weighted by Crippen LogP contribution is 2.42. The largest absolute Gasteiger partial charge is 0.488 e. The molecule has 11 aromatic carbocycles. The molecule has 0 spiro atoms.